The standard InChI is InChI=1S/C10H8Br2N4O2S/c11-7-4-6(13)5-8(12)9(7)19(17,18)16-10-14-2-1-3-15-10/h1-5H,13H2,(H,14,15,16). The Labute approximate surface area is 126 Å². The molecule has 9 heteroatoms. The number of halogens is 2. The third-order valence-electron chi connectivity index (χ3n) is 2.08. The lowest BCUT2D eigenvalue weighted by molar-refractivity contribution is 0.600. The average Bonchev–Trinajstić information content (AvgIpc) is 2.27. The first-order valence-corrected chi connectivity index (χ1v) is 8.01. The van der Waals surface area contributed by atoms with E-state index < -0.39 is 10.0 Å². The number of anilines is 2. The molecular weight excluding hydrogens is 400 g/mol. The molecular formula is C10H8Br2N4O2S. The Morgan fingerprint density at radius 1 is 1.11 bits per heavy atom. The van der Waals surface area contributed by atoms with Gasteiger partial charge in [0.25, 0.3) is 10.0 Å². The van der Waals surface area contributed by atoms with Crippen LogP contribution in [0.15, 0.2) is 44.4 Å². The Balaban J connectivity index is 2.46. The summed E-state index contributed by atoms with van der Waals surface area (Å²) < 4.78 is 27.5. The molecule has 0 saturated carbocycles. The van der Waals surface area contributed by atoms with Crippen LogP contribution in [0.25, 0.3) is 0 Å². The van der Waals surface area contributed by atoms with Crippen molar-refractivity contribution < 1.29 is 8.42 Å². The quantitative estimate of drug-likeness (QED) is 0.761. The molecule has 0 unspecified atom stereocenters. The molecule has 0 spiro atoms. The van der Waals surface area contributed by atoms with Gasteiger partial charge in [-0.3, -0.25) is 0 Å². The minimum absolute atomic E-state index is 0.00174. The highest BCUT2D eigenvalue weighted by Gasteiger charge is 2.22. The van der Waals surface area contributed by atoms with Gasteiger partial charge in [0.2, 0.25) is 5.95 Å². The summed E-state index contributed by atoms with van der Waals surface area (Å²) in [5.41, 5.74) is 6.06. The summed E-state index contributed by atoms with van der Waals surface area (Å²) in [5.74, 6) is -0.00174. The van der Waals surface area contributed by atoms with E-state index in [4.69, 9.17) is 5.73 Å². The second-order valence-corrected chi connectivity index (χ2v) is 6.82. The number of hydrogen-bond donors (Lipinski definition) is 2. The number of rotatable bonds is 3. The predicted octanol–water partition coefficient (Wildman–Crippen LogP) is 2.38. The van der Waals surface area contributed by atoms with Gasteiger partial charge < -0.3 is 5.73 Å². The molecule has 100 valence electrons. The summed E-state index contributed by atoms with van der Waals surface area (Å²) in [6.07, 6.45) is 2.88. The van der Waals surface area contributed by atoms with Gasteiger partial charge >= 0.3 is 0 Å². The minimum Gasteiger partial charge on any atom is -0.399 e. The van der Waals surface area contributed by atoms with Crippen LogP contribution in [0.3, 0.4) is 0 Å². The lowest BCUT2D eigenvalue weighted by atomic mass is 10.3. The lowest BCUT2D eigenvalue weighted by Gasteiger charge is -2.10. The first-order valence-electron chi connectivity index (χ1n) is 4.94. The molecule has 1 aromatic carbocycles. The van der Waals surface area contributed by atoms with E-state index in [2.05, 4.69) is 46.5 Å². The van der Waals surface area contributed by atoms with Gasteiger partial charge in [-0.15, -0.1) is 0 Å². The zero-order valence-electron chi connectivity index (χ0n) is 9.34. The van der Waals surface area contributed by atoms with E-state index in [1.54, 1.807) is 6.07 Å². The molecule has 0 bridgehead atoms. The maximum atomic E-state index is 12.3. The number of nitrogens with one attached hydrogen (secondary N) is 1. The van der Waals surface area contributed by atoms with Crippen LogP contribution in [0.5, 0.6) is 0 Å². The summed E-state index contributed by atoms with van der Waals surface area (Å²) >= 11 is 6.35. The molecule has 0 radical (unpaired) electrons. The van der Waals surface area contributed by atoms with Crippen molar-refractivity contribution in [2.45, 2.75) is 4.90 Å². The Hall–Kier alpha value is -1.19. The van der Waals surface area contributed by atoms with Crippen LogP contribution in [0, 0.1) is 0 Å². The zero-order chi connectivity index (χ0) is 14.0. The van der Waals surface area contributed by atoms with Crippen LogP contribution >= 0.6 is 31.9 Å². The molecule has 1 heterocycles. The lowest BCUT2D eigenvalue weighted by Crippen LogP contribution is -2.16. The summed E-state index contributed by atoms with van der Waals surface area (Å²) in [5, 5.41) is 0. The van der Waals surface area contributed by atoms with Crippen LogP contribution in [0.2, 0.25) is 0 Å². The molecule has 2 rings (SSSR count). The Bertz CT molecular complexity index is 684. The molecule has 3 N–H and O–H groups in total. The van der Waals surface area contributed by atoms with Gasteiger partial charge in [0, 0.05) is 27.0 Å². The van der Waals surface area contributed by atoms with Crippen molar-refractivity contribution in [1.29, 1.82) is 0 Å². The third kappa shape index (κ3) is 3.23. The zero-order valence-corrected chi connectivity index (χ0v) is 13.3. The second-order valence-electron chi connectivity index (χ2n) is 3.49. The number of nitrogens with two attached hydrogens (primary N) is 1. The predicted molar refractivity (Wildman–Crippen MR) is 79.1 cm³/mol. The van der Waals surface area contributed by atoms with Crippen molar-refractivity contribution >= 4 is 53.5 Å². The summed E-state index contributed by atoms with van der Waals surface area (Å²) in [6, 6.07) is 4.60. The Kier molecular flexibility index (Phi) is 4.07. The van der Waals surface area contributed by atoms with E-state index in [-0.39, 0.29) is 10.8 Å². The Morgan fingerprint density at radius 3 is 2.16 bits per heavy atom. The number of hydrogen-bond acceptors (Lipinski definition) is 5. The number of benzene rings is 1. The van der Waals surface area contributed by atoms with E-state index in [9.17, 15) is 8.42 Å². The SMILES string of the molecule is Nc1cc(Br)c(S(=O)(=O)Nc2ncccn2)c(Br)c1. The van der Waals surface area contributed by atoms with E-state index in [0.717, 1.165) is 0 Å². The van der Waals surface area contributed by atoms with E-state index in [1.165, 1.54) is 24.5 Å². The van der Waals surface area contributed by atoms with Crippen LogP contribution in [0.1, 0.15) is 0 Å². The van der Waals surface area contributed by atoms with Crippen molar-refractivity contribution in [2.24, 2.45) is 0 Å². The molecule has 0 atom stereocenters. The second kappa shape index (κ2) is 5.43. The molecule has 19 heavy (non-hydrogen) atoms. The molecule has 0 aliphatic heterocycles. The third-order valence-corrected chi connectivity index (χ3v) is 5.29. The topological polar surface area (TPSA) is 98.0 Å². The number of nitrogens with zero attached hydrogens (tertiary/aromatic N) is 2. The first-order chi connectivity index (χ1) is 8.90. The van der Waals surface area contributed by atoms with Gasteiger partial charge in [0.05, 0.1) is 0 Å². The van der Waals surface area contributed by atoms with Gasteiger partial charge in [-0.1, -0.05) is 0 Å². The van der Waals surface area contributed by atoms with Gasteiger partial charge in [-0.25, -0.2) is 23.1 Å². The fraction of sp³-hybridized carbons (Fsp3) is 0. The summed E-state index contributed by atoms with van der Waals surface area (Å²) in [4.78, 5) is 7.66. The van der Waals surface area contributed by atoms with E-state index in [1.807, 2.05) is 0 Å². The first kappa shape index (κ1) is 14.2. The van der Waals surface area contributed by atoms with Crippen LogP contribution in [-0.2, 0) is 10.0 Å². The van der Waals surface area contributed by atoms with Gasteiger partial charge in [0.15, 0.2) is 0 Å². The minimum atomic E-state index is -3.82. The largest absolute Gasteiger partial charge is 0.399 e. The van der Waals surface area contributed by atoms with Gasteiger partial charge in [-0.2, -0.15) is 0 Å². The van der Waals surface area contributed by atoms with Crippen LogP contribution in [-0.4, -0.2) is 18.4 Å². The van der Waals surface area contributed by atoms with E-state index >= 15 is 0 Å². The molecule has 6 nitrogen and oxygen atoms in total. The summed E-state index contributed by atoms with van der Waals surface area (Å²) in [6.45, 7) is 0. The molecule has 1 aromatic heterocycles. The number of nitrogen functional groups attached to an aromatic ring is 1. The maximum absolute atomic E-state index is 12.3. The monoisotopic (exact) mass is 406 g/mol. The van der Waals surface area contributed by atoms with Crippen molar-refractivity contribution in [3.05, 3.63) is 39.5 Å². The van der Waals surface area contributed by atoms with Gasteiger partial charge in [-0.05, 0) is 50.1 Å². The molecule has 0 amide bonds. The number of aromatic nitrogens is 2. The molecule has 0 aliphatic carbocycles. The summed E-state index contributed by atoms with van der Waals surface area (Å²) in [7, 11) is -3.82. The van der Waals surface area contributed by atoms with Crippen LogP contribution in [0.4, 0.5) is 11.6 Å². The van der Waals surface area contributed by atoms with Crippen molar-refractivity contribution in [2.75, 3.05) is 10.5 Å². The molecule has 0 fully saturated rings. The maximum Gasteiger partial charge on any atom is 0.266 e. The highest BCUT2D eigenvalue weighted by atomic mass is 79.9. The molecule has 2 aromatic rings. The fourth-order valence-corrected chi connectivity index (χ4v) is 4.94. The highest BCUT2D eigenvalue weighted by molar-refractivity contribution is 9.11. The highest BCUT2D eigenvalue weighted by Crippen LogP contribution is 2.33. The van der Waals surface area contributed by atoms with Crippen molar-refractivity contribution in [3.8, 4) is 0 Å². The van der Waals surface area contributed by atoms with Crippen molar-refractivity contribution in [1.82, 2.24) is 9.97 Å². The average molecular weight is 408 g/mol. The molecule has 0 saturated heterocycles. The normalized spacial score (nSPS) is 11.3. The fourth-order valence-electron chi connectivity index (χ4n) is 1.36. The molecule has 0 aliphatic rings. The Morgan fingerprint density at radius 2 is 1.63 bits per heavy atom. The van der Waals surface area contributed by atoms with Crippen LogP contribution < -0.4 is 10.5 Å². The number of sulfonamides is 1. The van der Waals surface area contributed by atoms with Crippen molar-refractivity contribution in [3.63, 3.8) is 0 Å². The van der Waals surface area contributed by atoms with Gasteiger partial charge in [0.1, 0.15) is 4.90 Å². The smallest absolute Gasteiger partial charge is 0.266 e. The van der Waals surface area contributed by atoms with E-state index in [0.29, 0.717) is 14.6 Å².